The van der Waals surface area contributed by atoms with Crippen molar-refractivity contribution in [1.29, 1.82) is 0 Å². The fraction of sp³-hybridized carbons (Fsp3) is 0.575. The molecule has 0 fully saturated rings. The topological polar surface area (TPSA) is 405 Å². The van der Waals surface area contributed by atoms with Crippen molar-refractivity contribution >= 4 is 101 Å². The van der Waals surface area contributed by atoms with Gasteiger partial charge in [-0.2, -0.15) is 24.4 Å². The fourth-order valence-corrected chi connectivity index (χ4v) is 6.89. The van der Waals surface area contributed by atoms with E-state index in [0.717, 1.165) is 34.1 Å². The lowest BCUT2D eigenvalue weighted by molar-refractivity contribution is -0.141. The minimum Gasteiger partial charge on any atom is -0.394 e. The quantitative estimate of drug-likeness (QED) is 0.0126. The highest BCUT2D eigenvalue weighted by molar-refractivity contribution is 7.98. The van der Waals surface area contributed by atoms with Crippen molar-refractivity contribution in [3.8, 4) is 0 Å². The number of aliphatic hydroxyl groups is 2. The van der Waals surface area contributed by atoms with Crippen LogP contribution in [0.1, 0.15) is 44.9 Å². The van der Waals surface area contributed by atoms with Gasteiger partial charge in [0.05, 0.1) is 19.3 Å². The van der Waals surface area contributed by atoms with Gasteiger partial charge in [0.25, 0.3) is 23.6 Å². The number of Topliss-reactive ketones (excluding diaryl/α,β-unsaturated/α-hetero) is 2. The van der Waals surface area contributed by atoms with E-state index in [-0.39, 0.29) is 64.0 Å². The molecule has 0 saturated carbocycles. The van der Waals surface area contributed by atoms with Gasteiger partial charge in [-0.15, -0.1) is 0 Å². The predicted octanol–water partition coefficient (Wildman–Crippen LogP) is -7.07. The van der Waals surface area contributed by atoms with E-state index in [4.69, 9.17) is 11.5 Å². The number of imide groups is 2. The summed E-state index contributed by atoms with van der Waals surface area (Å²) < 4.78 is 0. The van der Waals surface area contributed by atoms with E-state index in [9.17, 15) is 72.5 Å². The Morgan fingerprint density at radius 3 is 1.56 bits per heavy atom. The molecule has 0 aromatic rings. The lowest BCUT2D eigenvalue weighted by Crippen LogP contribution is -2.61. The second kappa shape index (κ2) is 30.3. The molecule has 68 heavy (non-hydrogen) atoms. The average Bonchev–Trinajstić information content (AvgIpc) is 3.82. The number of unbranched alkanes of at least 4 members (excludes halogenated alkanes) is 1. The van der Waals surface area contributed by atoms with Gasteiger partial charge >= 0.3 is 0 Å². The summed E-state index contributed by atoms with van der Waals surface area (Å²) >= 11 is 5.42. The summed E-state index contributed by atoms with van der Waals surface area (Å²) in [6.45, 7) is -2.97. The molecule has 11 amide bonds. The summed E-state index contributed by atoms with van der Waals surface area (Å²) in [7, 11) is 0. The van der Waals surface area contributed by atoms with Crippen LogP contribution in [0.15, 0.2) is 24.3 Å². The van der Waals surface area contributed by atoms with E-state index >= 15 is 0 Å². The number of carbonyl (C=O) groups is 13. The van der Waals surface area contributed by atoms with Crippen LogP contribution in [0.25, 0.3) is 0 Å². The molecule has 0 bridgehead atoms. The van der Waals surface area contributed by atoms with Crippen LogP contribution in [-0.2, 0) is 62.3 Å². The van der Waals surface area contributed by atoms with Crippen molar-refractivity contribution in [2.45, 2.75) is 81.2 Å². The predicted molar refractivity (Wildman–Crippen MR) is 243 cm³/mol. The van der Waals surface area contributed by atoms with Gasteiger partial charge in [0.15, 0.2) is 0 Å². The van der Waals surface area contributed by atoms with Crippen molar-refractivity contribution < 1.29 is 72.5 Å². The van der Waals surface area contributed by atoms with Gasteiger partial charge in [-0.25, -0.2) is 0 Å². The third kappa shape index (κ3) is 18.9. The molecule has 26 nitrogen and oxygen atoms in total. The second-order valence-corrected chi connectivity index (χ2v) is 16.3. The Balaban J connectivity index is 2.00. The fourth-order valence-electron chi connectivity index (χ4n) is 6.16. The number of thioether (sulfide) groups is 1. The molecule has 0 unspecified atom stereocenters. The Kier molecular flexibility index (Phi) is 25.9. The van der Waals surface area contributed by atoms with Gasteiger partial charge in [-0.1, -0.05) is 0 Å². The Morgan fingerprint density at radius 1 is 0.588 bits per heavy atom. The monoisotopic (exact) mass is 997 g/mol. The number of nitrogens with zero attached hydrogens (tertiary/aromatic N) is 2. The molecule has 2 heterocycles. The van der Waals surface area contributed by atoms with Crippen LogP contribution in [0.5, 0.6) is 0 Å². The third-order valence-corrected chi connectivity index (χ3v) is 11.0. The molecule has 0 saturated heterocycles. The van der Waals surface area contributed by atoms with E-state index < -0.39 is 139 Å². The molecule has 0 radical (unpaired) electrons. The first kappa shape index (κ1) is 58.1. The molecule has 2 aliphatic rings. The molecule has 2 aliphatic heterocycles. The maximum atomic E-state index is 13.5. The number of ketones is 2. The molecule has 0 aromatic carbocycles. The van der Waals surface area contributed by atoms with Gasteiger partial charge in [-0.05, 0) is 44.2 Å². The highest BCUT2D eigenvalue weighted by atomic mass is 32.2. The van der Waals surface area contributed by atoms with Crippen molar-refractivity contribution in [3.05, 3.63) is 24.3 Å². The summed E-state index contributed by atoms with van der Waals surface area (Å²) in [5.41, 5.74) is 11.3. The Labute approximate surface area is 400 Å². The molecule has 28 heteroatoms. The molecular weight excluding hydrogens is 939 g/mol. The first-order valence-electron chi connectivity index (χ1n) is 21.3. The minimum atomic E-state index is -1.71. The molecule has 0 aliphatic carbocycles. The van der Waals surface area contributed by atoms with E-state index in [1.54, 1.807) is 6.26 Å². The van der Waals surface area contributed by atoms with Crippen LogP contribution in [0.4, 0.5) is 0 Å². The van der Waals surface area contributed by atoms with Crippen LogP contribution >= 0.6 is 24.4 Å². The number of rotatable bonds is 33. The summed E-state index contributed by atoms with van der Waals surface area (Å²) in [6, 6.07) is -9.06. The summed E-state index contributed by atoms with van der Waals surface area (Å²) in [4.78, 5) is 166. The maximum Gasteiger partial charge on any atom is 0.253 e. The van der Waals surface area contributed by atoms with Crippen LogP contribution in [0.3, 0.4) is 0 Å². The Morgan fingerprint density at radius 2 is 1.04 bits per heavy atom. The first-order valence-corrected chi connectivity index (χ1v) is 23.3. The lowest BCUT2D eigenvalue weighted by Gasteiger charge is -2.26. The van der Waals surface area contributed by atoms with E-state index in [0.29, 0.717) is 12.2 Å². The lowest BCUT2D eigenvalue weighted by atomic mass is 10.00. The molecule has 2 rings (SSSR count). The number of carbonyl (C=O) groups excluding carboxylic acids is 13. The van der Waals surface area contributed by atoms with Crippen molar-refractivity contribution in [2.75, 3.05) is 63.7 Å². The molecule has 0 spiro atoms. The number of hydrogen-bond donors (Lipinski definition) is 12. The molecule has 13 N–H and O–H groups in total. The first-order chi connectivity index (χ1) is 32.3. The van der Waals surface area contributed by atoms with Gasteiger partial charge in [0, 0.05) is 75.5 Å². The van der Waals surface area contributed by atoms with Gasteiger partial charge in [-0.3, -0.25) is 72.1 Å². The largest absolute Gasteiger partial charge is 0.394 e. The Bertz CT molecular complexity index is 1930. The molecular formula is C40H59N11O15S2. The zero-order chi connectivity index (χ0) is 50.9. The SMILES string of the molecule is CSCC[C@H](NC(=O)[C@H](CN)NC(=O)[C@H](CO)NC(=O)CCNC(=O)CCN1C(=O)C=CC1=O)C(=O)N[C@@H](CS)C(=O)N[C@@H](CO)C(=O)N[C@@H](CCCCN)C(=O)C(=O)CCN1C(=O)C=CC1=O. The highest BCUT2D eigenvalue weighted by Crippen LogP contribution is 2.10. The van der Waals surface area contributed by atoms with Crippen LogP contribution in [-0.4, -0.2) is 197 Å². The van der Waals surface area contributed by atoms with Gasteiger partial charge in [0.2, 0.25) is 52.9 Å². The average molecular weight is 998 g/mol. The summed E-state index contributed by atoms with van der Waals surface area (Å²) in [5.74, 6) is -10.9. The third-order valence-electron chi connectivity index (χ3n) is 10.0. The number of hydrogen-bond acceptors (Lipinski definition) is 19. The molecule has 376 valence electrons. The smallest absolute Gasteiger partial charge is 0.253 e. The maximum absolute atomic E-state index is 13.5. The minimum absolute atomic E-state index is 0.00996. The summed E-state index contributed by atoms with van der Waals surface area (Å²) in [6.07, 6.45) is 5.39. The normalized spacial score (nSPS) is 15.7. The van der Waals surface area contributed by atoms with Gasteiger partial charge < -0.3 is 58.9 Å². The zero-order valence-corrected chi connectivity index (χ0v) is 38.9. The number of nitrogens with one attached hydrogen (secondary N) is 7. The standard InChI is InChI=1S/C40H59N11O15S2/c1-68-17-12-23(46-37(63)24(18-42)47-38(64)25(19-52)44-30(56)9-14-43-29(55)11-16-51-33(59)7-8-34(51)60)36(62)49-27(21-67)40(66)48-26(20-53)39(65)45-22(4-2-3-13-41)35(61)28(54)10-15-50-31(57)5-6-32(50)58/h5-8,22-27,52-53,67H,2-4,9-21,41-42H2,1H3,(H,43,55)(H,44,56)(H,45,65)(H,46,63)(H,47,64)(H,48,66)(H,49,62)/t22-,23-,24-,25-,26-,27-/m0/s1. The van der Waals surface area contributed by atoms with Gasteiger partial charge in [0.1, 0.15) is 30.2 Å². The van der Waals surface area contributed by atoms with Crippen LogP contribution in [0, 0.1) is 0 Å². The molecule has 6 atom stereocenters. The van der Waals surface area contributed by atoms with Crippen molar-refractivity contribution in [1.82, 2.24) is 47.0 Å². The number of aliphatic hydroxyl groups excluding tert-OH is 2. The van der Waals surface area contributed by atoms with Crippen LogP contribution in [0.2, 0.25) is 0 Å². The summed E-state index contributed by atoms with van der Waals surface area (Å²) in [5, 5.41) is 36.3. The number of thiol groups is 1. The van der Waals surface area contributed by atoms with Crippen molar-refractivity contribution in [2.24, 2.45) is 11.5 Å². The molecule has 0 aromatic heterocycles. The number of nitrogens with two attached hydrogens (primary N) is 2. The van der Waals surface area contributed by atoms with Crippen molar-refractivity contribution in [3.63, 3.8) is 0 Å². The zero-order valence-electron chi connectivity index (χ0n) is 37.2. The highest BCUT2D eigenvalue weighted by Gasteiger charge is 2.34. The second-order valence-electron chi connectivity index (χ2n) is 15.0. The van der Waals surface area contributed by atoms with Crippen LogP contribution < -0.4 is 48.7 Å². The van der Waals surface area contributed by atoms with E-state index in [1.165, 1.54) is 11.8 Å². The Hall–Kier alpha value is -6.07. The van der Waals surface area contributed by atoms with E-state index in [1.807, 2.05) is 0 Å². The number of amides is 11. The van der Waals surface area contributed by atoms with E-state index in [2.05, 4.69) is 49.8 Å².